The maximum atomic E-state index is 11.6. The van der Waals surface area contributed by atoms with E-state index in [0.29, 0.717) is 6.54 Å². The lowest BCUT2D eigenvalue weighted by Gasteiger charge is -2.11. The number of hydrogen-bond acceptors (Lipinski definition) is 3. The highest BCUT2D eigenvalue weighted by molar-refractivity contribution is 4.90. The zero-order valence-electron chi connectivity index (χ0n) is 7.79. The Kier molecular flexibility index (Phi) is 2.18. The Morgan fingerprint density at radius 3 is 3.15 bits per heavy atom. The molecule has 5 heteroatoms. The number of nitrogens with zero attached hydrogens (tertiary/aromatic N) is 3. The Morgan fingerprint density at radius 2 is 2.46 bits per heavy atom. The summed E-state index contributed by atoms with van der Waals surface area (Å²) in [5.41, 5.74) is 0.0401. The third-order valence-corrected chi connectivity index (χ3v) is 2.23. The van der Waals surface area contributed by atoms with Crippen LogP contribution in [0, 0.1) is 0 Å². The van der Waals surface area contributed by atoms with E-state index in [-0.39, 0.29) is 5.69 Å². The van der Waals surface area contributed by atoms with E-state index < -0.39 is 0 Å². The average Bonchev–Trinajstić information content (AvgIpc) is 2.46. The number of aryl methyl sites for hydroxylation is 1. The highest BCUT2D eigenvalue weighted by atomic mass is 16.2. The van der Waals surface area contributed by atoms with Gasteiger partial charge in [-0.2, -0.15) is 5.10 Å². The molecule has 0 fully saturated rings. The van der Waals surface area contributed by atoms with Crippen molar-refractivity contribution in [1.82, 2.24) is 19.7 Å². The van der Waals surface area contributed by atoms with Crippen LogP contribution in [-0.2, 0) is 19.6 Å². The van der Waals surface area contributed by atoms with Crippen molar-refractivity contribution in [1.29, 1.82) is 0 Å². The zero-order valence-corrected chi connectivity index (χ0v) is 7.79. The molecule has 0 aromatic carbocycles. The Balaban J connectivity index is 2.39. The molecule has 2 rings (SSSR count). The van der Waals surface area contributed by atoms with Crippen molar-refractivity contribution in [2.75, 3.05) is 6.54 Å². The Hall–Kier alpha value is -1.10. The molecule has 1 aliphatic heterocycles. The summed E-state index contributed by atoms with van der Waals surface area (Å²) in [5.74, 6) is 0.865. The second kappa shape index (κ2) is 3.33. The van der Waals surface area contributed by atoms with Gasteiger partial charge in [-0.1, -0.05) is 6.92 Å². The summed E-state index contributed by atoms with van der Waals surface area (Å²) in [6, 6.07) is 0. The van der Waals surface area contributed by atoms with Gasteiger partial charge in [0.2, 0.25) is 0 Å². The fraction of sp³-hybridized carbons (Fsp3) is 0.750. The predicted molar refractivity (Wildman–Crippen MR) is 48.5 cm³/mol. The monoisotopic (exact) mass is 182 g/mol. The molecule has 1 aliphatic rings. The Morgan fingerprint density at radius 1 is 1.62 bits per heavy atom. The number of nitrogens with one attached hydrogen (secondary N) is 1. The van der Waals surface area contributed by atoms with Crippen LogP contribution in [0.3, 0.4) is 0 Å². The zero-order chi connectivity index (χ0) is 9.26. The van der Waals surface area contributed by atoms with Gasteiger partial charge in [0.15, 0.2) is 0 Å². The van der Waals surface area contributed by atoms with Crippen molar-refractivity contribution in [2.24, 2.45) is 0 Å². The molecule has 2 heterocycles. The van der Waals surface area contributed by atoms with E-state index in [1.165, 1.54) is 0 Å². The summed E-state index contributed by atoms with van der Waals surface area (Å²) in [6.45, 7) is 5.09. The predicted octanol–water partition coefficient (Wildman–Crippen LogP) is -0.442. The first kappa shape index (κ1) is 8.50. The molecule has 0 atom stereocenters. The minimum atomic E-state index is 0.0401. The molecule has 0 amide bonds. The van der Waals surface area contributed by atoms with E-state index in [4.69, 9.17) is 0 Å². The third-order valence-electron chi connectivity index (χ3n) is 2.23. The standard InChI is InChI=1S/C8H14N4O/c1-2-4-12-8(13)11-5-3-9-6-7(11)10-12/h9H,2-6H2,1H3. The quantitative estimate of drug-likeness (QED) is 0.674. The Bertz CT molecular complexity index is 352. The first-order chi connectivity index (χ1) is 6.33. The van der Waals surface area contributed by atoms with E-state index >= 15 is 0 Å². The summed E-state index contributed by atoms with van der Waals surface area (Å²) in [4.78, 5) is 11.6. The smallest absolute Gasteiger partial charge is 0.308 e. The molecule has 13 heavy (non-hydrogen) atoms. The SMILES string of the molecule is CCCn1nc2n(c1=O)CCNC2. The number of hydrogen-bond donors (Lipinski definition) is 1. The van der Waals surface area contributed by atoms with Crippen molar-refractivity contribution in [3.63, 3.8) is 0 Å². The molecule has 72 valence electrons. The van der Waals surface area contributed by atoms with E-state index in [1.54, 1.807) is 9.25 Å². The summed E-state index contributed by atoms with van der Waals surface area (Å²) in [5, 5.41) is 7.43. The first-order valence-electron chi connectivity index (χ1n) is 4.70. The van der Waals surface area contributed by atoms with Crippen molar-refractivity contribution in [3.05, 3.63) is 16.3 Å². The van der Waals surface area contributed by atoms with Gasteiger partial charge < -0.3 is 5.32 Å². The number of aromatic nitrogens is 3. The molecule has 1 aromatic rings. The lowest BCUT2D eigenvalue weighted by atomic mass is 10.4. The molecule has 0 unspecified atom stereocenters. The van der Waals surface area contributed by atoms with Crippen LogP contribution in [0.2, 0.25) is 0 Å². The summed E-state index contributed by atoms with van der Waals surface area (Å²) < 4.78 is 3.31. The van der Waals surface area contributed by atoms with E-state index in [2.05, 4.69) is 10.4 Å². The van der Waals surface area contributed by atoms with Crippen molar-refractivity contribution < 1.29 is 0 Å². The molecule has 0 radical (unpaired) electrons. The Labute approximate surface area is 76.4 Å². The van der Waals surface area contributed by atoms with Crippen molar-refractivity contribution in [3.8, 4) is 0 Å². The summed E-state index contributed by atoms with van der Waals surface area (Å²) >= 11 is 0. The fourth-order valence-corrected chi connectivity index (χ4v) is 1.59. The summed E-state index contributed by atoms with van der Waals surface area (Å²) in [7, 11) is 0. The van der Waals surface area contributed by atoms with Gasteiger partial charge in [0.05, 0.1) is 6.54 Å². The lowest BCUT2D eigenvalue weighted by Crippen LogP contribution is -2.34. The third kappa shape index (κ3) is 1.39. The van der Waals surface area contributed by atoms with Crippen LogP contribution in [0.25, 0.3) is 0 Å². The van der Waals surface area contributed by atoms with Crippen molar-refractivity contribution >= 4 is 0 Å². The second-order valence-electron chi connectivity index (χ2n) is 3.25. The van der Waals surface area contributed by atoms with Gasteiger partial charge in [0.25, 0.3) is 0 Å². The van der Waals surface area contributed by atoms with Gasteiger partial charge in [-0.05, 0) is 6.42 Å². The van der Waals surface area contributed by atoms with E-state index in [0.717, 1.165) is 31.9 Å². The molecule has 0 spiro atoms. The number of rotatable bonds is 2. The maximum Gasteiger partial charge on any atom is 0.345 e. The van der Waals surface area contributed by atoms with Crippen LogP contribution in [0.4, 0.5) is 0 Å². The van der Waals surface area contributed by atoms with Crippen LogP contribution < -0.4 is 11.0 Å². The normalized spacial score (nSPS) is 15.8. The molecule has 0 saturated heterocycles. The maximum absolute atomic E-state index is 11.6. The highest BCUT2D eigenvalue weighted by Crippen LogP contribution is 1.97. The van der Waals surface area contributed by atoms with Gasteiger partial charge >= 0.3 is 5.69 Å². The molecule has 0 aliphatic carbocycles. The molecule has 0 saturated carbocycles. The highest BCUT2D eigenvalue weighted by Gasteiger charge is 2.15. The second-order valence-corrected chi connectivity index (χ2v) is 3.25. The van der Waals surface area contributed by atoms with E-state index in [9.17, 15) is 4.79 Å². The summed E-state index contributed by atoms with van der Waals surface area (Å²) in [6.07, 6.45) is 0.948. The first-order valence-corrected chi connectivity index (χ1v) is 4.70. The molecule has 5 nitrogen and oxygen atoms in total. The van der Waals surface area contributed by atoms with Crippen molar-refractivity contribution in [2.45, 2.75) is 33.0 Å². The van der Waals surface area contributed by atoms with Gasteiger partial charge in [-0.25, -0.2) is 9.48 Å². The van der Waals surface area contributed by atoms with Crippen LogP contribution in [0.5, 0.6) is 0 Å². The van der Waals surface area contributed by atoms with Crippen LogP contribution >= 0.6 is 0 Å². The molecular formula is C8H14N4O. The molecule has 1 N–H and O–H groups in total. The number of fused-ring (bicyclic) bond motifs is 1. The molecule has 1 aromatic heterocycles. The topological polar surface area (TPSA) is 51.9 Å². The van der Waals surface area contributed by atoms with E-state index in [1.807, 2.05) is 6.92 Å². The van der Waals surface area contributed by atoms with Gasteiger partial charge in [-0.15, -0.1) is 0 Å². The minimum Gasteiger partial charge on any atom is -0.308 e. The van der Waals surface area contributed by atoms with Crippen LogP contribution in [-0.4, -0.2) is 20.9 Å². The van der Waals surface area contributed by atoms with Gasteiger partial charge in [0, 0.05) is 19.6 Å². The van der Waals surface area contributed by atoms with Gasteiger partial charge in [0.1, 0.15) is 5.82 Å². The largest absolute Gasteiger partial charge is 0.345 e. The van der Waals surface area contributed by atoms with Crippen LogP contribution in [0.15, 0.2) is 4.79 Å². The average molecular weight is 182 g/mol. The molecule has 0 bridgehead atoms. The van der Waals surface area contributed by atoms with Crippen LogP contribution in [0.1, 0.15) is 19.2 Å². The van der Waals surface area contributed by atoms with Gasteiger partial charge in [-0.3, -0.25) is 4.57 Å². The fourth-order valence-electron chi connectivity index (χ4n) is 1.59. The molecular weight excluding hydrogens is 168 g/mol. The minimum absolute atomic E-state index is 0.0401. The lowest BCUT2D eigenvalue weighted by molar-refractivity contribution is 0.496.